The molecule has 26 heavy (non-hydrogen) atoms. The van der Waals surface area contributed by atoms with E-state index in [4.69, 9.17) is 4.74 Å². The van der Waals surface area contributed by atoms with Crippen molar-refractivity contribution >= 4 is 17.7 Å². The molecule has 0 aliphatic rings. The average molecular weight is 381 g/mol. The predicted octanol–water partition coefficient (Wildman–Crippen LogP) is 2.59. The van der Waals surface area contributed by atoms with Crippen LogP contribution >= 0.6 is 11.8 Å². The number of hydrogen-bond acceptors (Lipinski definition) is 6. The van der Waals surface area contributed by atoms with Crippen LogP contribution in [0.5, 0.6) is 5.88 Å². The van der Waals surface area contributed by atoms with Crippen molar-refractivity contribution in [3.05, 3.63) is 6.20 Å². The zero-order valence-electron chi connectivity index (χ0n) is 16.4. The molecule has 0 saturated carbocycles. The third-order valence-electron chi connectivity index (χ3n) is 3.45. The molecule has 2 heterocycles. The van der Waals surface area contributed by atoms with E-state index in [-0.39, 0.29) is 11.4 Å². The van der Waals surface area contributed by atoms with Crippen molar-refractivity contribution in [2.24, 2.45) is 0 Å². The summed E-state index contributed by atoms with van der Waals surface area (Å²) in [5.41, 5.74) is 0.566. The van der Waals surface area contributed by atoms with Gasteiger partial charge in [0.15, 0.2) is 11.0 Å². The van der Waals surface area contributed by atoms with Crippen LogP contribution in [0.2, 0.25) is 0 Å². The number of thioether (sulfide) groups is 1. The quantitative estimate of drug-likeness (QED) is 0.708. The average Bonchev–Trinajstić information content (AvgIpc) is 3.14. The number of aryl methyl sites for hydroxylation is 1. The number of carbonyl (C=O) groups is 1. The Morgan fingerprint density at radius 3 is 2.54 bits per heavy atom. The van der Waals surface area contributed by atoms with E-state index in [2.05, 4.69) is 20.6 Å². The number of rotatable bonds is 8. The molecule has 0 aromatic carbocycles. The molecule has 0 bridgehead atoms. The molecule has 0 unspecified atom stereocenters. The third-order valence-corrected chi connectivity index (χ3v) is 4.42. The zero-order chi connectivity index (χ0) is 19.3. The molecule has 0 fully saturated rings. The van der Waals surface area contributed by atoms with E-state index in [1.807, 2.05) is 57.0 Å². The fourth-order valence-corrected chi connectivity index (χ4v) is 3.23. The topological polar surface area (TPSA) is 86.9 Å². The van der Waals surface area contributed by atoms with Crippen molar-refractivity contribution in [1.82, 2.24) is 29.9 Å². The highest BCUT2D eigenvalue weighted by Gasteiger charge is 2.21. The first-order valence-corrected chi connectivity index (χ1v) is 9.85. The maximum Gasteiger partial charge on any atom is 0.243 e. The van der Waals surface area contributed by atoms with Crippen LogP contribution in [-0.2, 0) is 17.9 Å². The van der Waals surface area contributed by atoms with Crippen LogP contribution in [0, 0.1) is 0 Å². The molecule has 2 aromatic rings. The van der Waals surface area contributed by atoms with Gasteiger partial charge in [-0.25, -0.2) is 0 Å². The van der Waals surface area contributed by atoms with E-state index in [9.17, 15) is 4.79 Å². The number of hydrogen-bond donors (Lipinski definition) is 1. The molecule has 0 radical (unpaired) electrons. The van der Waals surface area contributed by atoms with Gasteiger partial charge in [-0.05, 0) is 41.5 Å². The van der Waals surface area contributed by atoms with E-state index >= 15 is 0 Å². The molecule has 2 rings (SSSR count). The number of nitrogens with zero attached hydrogens (tertiary/aromatic N) is 5. The van der Waals surface area contributed by atoms with Crippen LogP contribution in [0.1, 0.15) is 41.5 Å². The van der Waals surface area contributed by atoms with Gasteiger partial charge in [-0.15, -0.1) is 15.3 Å². The second kappa shape index (κ2) is 8.57. The van der Waals surface area contributed by atoms with Crippen molar-refractivity contribution in [3.8, 4) is 17.3 Å². The van der Waals surface area contributed by atoms with Crippen molar-refractivity contribution in [2.75, 3.05) is 12.4 Å². The van der Waals surface area contributed by atoms with Crippen molar-refractivity contribution in [3.63, 3.8) is 0 Å². The largest absolute Gasteiger partial charge is 0.476 e. The normalized spacial score (nSPS) is 11.6. The number of carbonyl (C=O) groups excluding carboxylic acids is 1. The summed E-state index contributed by atoms with van der Waals surface area (Å²) in [5.74, 6) is 1.53. The maximum absolute atomic E-state index is 12.1. The van der Waals surface area contributed by atoms with Gasteiger partial charge in [-0.2, -0.15) is 0 Å². The molecular formula is C17H28N6O2S. The second-order valence-corrected chi connectivity index (χ2v) is 7.72. The van der Waals surface area contributed by atoms with Gasteiger partial charge < -0.3 is 14.6 Å². The SMILES string of the molecule is CCOc1nn(CC)cc1-c1nnc(SCC(=O)NC(C)(C)C)n1CC. The van der Waals surface area contributed by atoms with Crippen LogP contribution in [-0.4, -0.2) is 48.4 Å². The summed E-state index contributed by atoms with van der Waals surface area (Å²) >= 11 is 1.38. The Bertz CT molecular complexity index is 747. The molecule has 0 aliphatic carbocycles. The van der Waals surface area contributed by atoms with Gasteiger partial charge in [0.25, 0.3) is 0 Å². The van der Waals surface area contributed by atoms with Crippen molar-refractivity contribution < 1.29 is 9.53 Å². The fourth-order valence-electron chi connectivity index (χ4n) is 2.43. The summed E-state index contributed by atoms with van der Waals surface area (Å²) in [4.78, 5) is 12.1. The van der Waals surface area contributed by atoms with Crippen LogP contribution in [0.4, 0.5) is 0 Å². The summed E-state index contributed by atoms with van der Waals surface area (Å²) in [6.07, 6.45) is 1.92. The lowest BCUT2D eigenvalue weighted by atomic mass is 10.1. The van der Waals surface area contributed by atoms with Gasteiger partial charge in [-0.1, -0.05) is 11.8 Å². The summed E-state index contributed by atoms with van der Waals surface area (Å²) in [6, 6.07) is 0. The van der Waals surface area contributed by atoms with Gasteiger partial charge in [0.2, 0.25) is 11.8 Å². The second-order valence-electron chi connectivity index (χ2n) is 6.77. The number of ether oxygens (including phenoxy) is 1. The molecule has 144 valence electrons. The first-order chi connectivity index (χ1) is 12.3. The molecule has 1 N–H and O–H groups in total. The van der Waals surface area contributed by atoms with E-state index in [0.717, 1.165) is 12.1 Å². The predicted molar refractivity (Wildman–Crippen MR) is 102 cm³/mol. The Labute approximate surface area is 158 Å². The summed E-state index contributed by atoms with van der Waals surface area (Å²) in [5, 5.41) is 16.7. The molecule has 0 saturated heterocycles. The molecule has 1 amide bonds. The highest BCUT2D eigenvalue weighted by atomic mass is 32.2. The molecule has 8 nitrogen and oxygen atoms in total. The fraction of sp³-hybridized carbons (Fsp3) is 0.647. The first kappa shape index (κ1) is 20.3. The minimum absolute atomic E-state index is 0.0245. The molecule has 0 aliphatic heterocycles. The molecular weight excluding hydrogens is 352 g/mol. The monoisotopic (exact) mass is 380 g/mol. The van der Waals surface area contributed by atoms with E-state index in [1.54, 1.807) is 0 Å². The van der Waals surface area contributed by atoms with Gasteiger partial charge in [0, 0.05) is 24.8 Å². The first-order valence-electron chi connectivity index (χ1n) is 8.86. The number of nitrogens with one attached hydrogen (secondary N) is 1. The number of aromatic nitrogens is 5. The number of amides is 1. The summed E-state index contributed by atoms with van der Waals surface area (Å²) in [6.45, 7) is 13.8. The van der Waals surface area contributed by atoms with Crippen molar-refractivity contribution in [2.45, 2.75) is 65.3 Å². The molecule has 0 atom stereocenters. The summed E-state index contributed by atoms with van der Waals surface area (Å²) in [7, 11) is 0. The lowest BCUT2D eigenvalue weighted by Crippen LogP contribution is -2.41. The Morgan fingerprint density at radius 1 is 1.23 bits per heavy atom. The van der Waals surface area contributed by atoms with Crippen LogP contribution in [0.3, 0.4) is 0 Å². The van der Waals surface area contributed by atoms with Crippen LogP contribution in [0.15, 0.2) is 11.4 Å². The van der Waals surface area contributed by atoms with Crippen molar-refractivity contribution in [1.29, 1.82) is 0 Å². The Balaban J connectivity index is 2.23. The minimum atomic E-state index is -0.248. The lowest BCUT2D eigenvalue weighted by molar-refractivity contribution is -0.119. The minimum Gasteiger partial charge on any atom is -0.476 e. The Hall–Kier alpha value is -2.03. The smallest absolute Gasteiger partial charge is 0.243 e. The van der Waals surface area contributed by atoms with E-state index in [1.165, 1.54) is 11.8 Å². The highest BCUT2D eigenvalue weighted by Crippen LogP contribution is 2.30. The Kier molecular flexibility index (Phi) is 6.69. The van der Waals surface area contributed by atoms with Gasteiger partial charge in [-0.3, -0.25) is 9.48 Å². The Morgan fingerprint density at radius 2 is 1.96 bits per heavy atom. The standard InChI is InChI=1S/C17H28N6O2S/c1-7-22-10-12(15(21-22)25-9-3)14-19-20-16(23(14)8-2)26-11-13(24)18-17(4,5)6/h10H,7-9,11H2,1-6H3,(H,18,24). The lowest BCUT2D eigenvalue weighted by Gasteiger charge is -2.20. The van der Waals surface area contributed by atoms with Crippen LogP contribution in [0.25, 0.3) is 11.4 Å². The summed E-state index contributed by atoms with van der Waals surface area (Å²) < 4.78 is 9.45. The molecule has 9 heteroatoms. The van der Waals surface area contributed by atoms with Crippen LogP contribution < -0.4 is 10.1 Å². The molecule has 2 aromatic heterocycles. The molecule has 0 spiro atoms. The van der Waals surface area contributed by atoms with Gasteiger partial charge in [0.1, 0.15) is 5.56 Å². The van der Waals surface area contributed by atoms with E-state index < -0.39 is 0 Å². The van der Waals surface area contributed by atoms with Gasteiger partial charge in [0.05, 0.1) is 12.4 Å². The zero-order valence-corrected chi connectivity index (χ0v) is 17.2. The maximum atomic E-state index is 12.1. The third kappa shape index (κ3) is 5.00. The van der Waals surface area contributed by atoms with Gasteiger partial charge >= 0.3 is 0 Å². The highest BCUT2D eigenvalue weighted by molar-refractivity contribution is 7.99. The van der Waals surface area contributed by atoms with E-state index in [0.29, 0.717) is 35.8 Å².